The molecule has 0 saturated carbocycles. The van der Waals surface area contributed by atoms with Gasteiger partial charge in [-0.15, -0.1) is 0 Å². The summed E-state index contributed by atoms with van der Waals surface area (Å²) in [6, 6.07) is 4.31. The molecule has 1 aromatic rings. The van der Waals surface area contributed by atoms with Gasteiger partial charge in [0.05, 0.1) is 5.02 Å². The Hall–Kier alpha value is -1.33. The number of nitrogens with two attached hydrogens (primary N) is 1. The smallest absolute Gasteiger partial charge is 0.210 e. The van der Waals surface area contributed by atoms with Crippen molar-refractivity contribution in [3.8, 4) is 0 Å². The van der Waals surface area contributed by atoms with Gasteiger partial charge < -0.3 is 5.32 Å². The number of guanidine groups is 1. The maximum Gasteiger partial charge on any atom is 0.210 e. The van der Waals surface area contributed by atoms with Crippen LogP contribution in [0.3, 0.4) is 0 Å². The summed E-state index contributed by atoms with van der Waals surface area (Å²) >= 11 is 5.66. The number of halogens is 2. The Morgan fingerprint density at radius 3 is 2.76 bits per heavy atom. The quantitative estimate of drug-likeness (QED) is 0.338. The number of nitrogens with zero attached hydrogens (tertiary/aromatic N) is 1. The predicted octanol–water partition coefficient (Wildman–Crippen LogP) is 2.37. The molecule has 0 heterocycles. The number of anilines is 1. The molecule has 4 nitrogen and oxygen atoms in total. The molecule has 0 saturated heterocycles. The van der Waals surface area contributed by atoms with Crippen LogP contribution in [0.15, 0.2) is 23.2 Å². The fraction of sp³-hybridized carbons (Fsp3) is 0.364. The van der Waals surface area contributed by atoms with E-state index in [1.807, 2.05) is 13.8 Å². The minimum absolute atomic E-state index is 0.0511. The van der Waals surface area contributed by atoms with E-state index in [-0.39, 0.29) is 5.02 Å². The largest absolute Gasteiger partial charge is 0.325 e. The van der Waals surface area contributed by atoms with Crippen LogP contribution in [0.5, 0.6) is 0 Å². The summed E-state index contributed by atoms with van der Waals surface area (Å²) in [4.78, 5) is 4.22. The lowest BCUT2D eigenvalue weighted by atomic mass is 10.2. The van der Waals surface area contributed by atoms with E-state index in [1.165, 1.54) is 12.1 Å². The molecule has 0 unspecified atom stereocenters. The number of aliphatic imine (C=N–C) groups is 1. The van der Waals surface area contributed by atoms with Gasteiger partial charge in [0.1, 0.15) is 5.82 Å². The van der Waals surface area contributed by atoms with E-state index in [4.69, 9.17) is 17.4 Å². The fourth-order valence-corrected chi connectivity index (χ4v) is 1.29. The van der Waals surface area contributed by atoms with Crippen LogP contribution in [-0.2, 0) is 0 Å². The van der Waals surface area contributed by atoms with Crippen LogP contribution >= 0.6 is 11.6 Å². The summed E-state index contributed by atoms with van der Waals surface area (Å²) in [5.74, 6) is 5.71. The molecule has 94 valence electrons. The summed E-state index contributed by atoms with van der Waals surface area (Å²) in [6.45, 7) is 4.74. The lowest BCUT2D eigenvalue weighted by Crippen LogP contribution is -2.36. The average Bonchev–Trinajstić information content (AvgIpc) is 2.28. The first-order valence-electron chi connectivity index (χ1n) is 5.26. The second-order valence-corrected chi connectivity index (χ2v) is 4.39. The van der Waals surface area contributed by atoms with Gasteiger partial charge in [0.25, 0.3) is 0 Å². The first-order chi connectivity index (χ1) is 8.02. The van der Waals surface area contributed by atoms with E-state index in [0.29, 0.717) is 24.1 Å². The second kappa shape index (κ2) is 6.42. The molecule has 0 radical (unpaired) electrons. The number of hydrogen-bond acceptors (Lipinski definition) is 2. The van der Waals surface area contributed by atoms with Crippen LogP contribution in [0.25, 0.3) is 0 Å². The minimum Gasteiger partial charge on any atom is -0.325 e. The number of hydrogen-bond donors (Lipinski definition) is 3. The van der Waals surface area contributed by atoms with Gasteiger partial charge in [0, 0.05) is 12.2 Å². The molecule has 0 fully saturated rings. The van der Waals surface area contributed by atoms with Crippen LogP contribution in [0.2, 0.25) is 5.02 Å². The average molecular weight is 259 g/mol. The Morgan fingerprint density at radius 1 is 1.53 bits per heavy atom. The van der Waals surface area contributed by atoms with Crippen molar-refractivity contribution in [3.05, 3.63) is 29.0 Å². The van der Waals surface area contributed by atoms with Gasteiger partial charge in [0.15, 0.2) is 0 Å². The van der Waals surface area contributed by atoms with Crippen molar-refractivity contribution >= 4 is 23.2 Å². The molecule has 17 heavy (non-hydrogen) atoms. The zero-order chi connectivity index (χ0) is 12.8. The van der Waals surface area contributed by atoms with Gasteiger partial charge in [-0.05, 0) is 24.1 Å². The summed E-state index contributed by atoms with van der Waals surface area (Å²) in [6.07, 6.45) is 0. The summed E-state index contributed by atoms with van der Waals surface area (Å²) in [5, 5.41) is 2.97. The zero-order valence-corrected chi connectivity index (χ0v) is 10.6. The monoisotopic (exact) mass is 258 g/mol. The van der Waals surface area contributed by atoms with Gasteiger partial charge in [-0.1, -0.05) is 25.4 Å². The molecule has 0 aliphatic carbocycles. The Labute approximate surface area is 105 Å². The Bertz CT molecular complexity index is 406. The SMILES string of the molecule is CC(C)CN=C(NN)Nc1ccc(F)c(Cl)c1. The number of nitrogens with one attached hydrogen (secondary N) is 2. The lowest BCUT2D eigenvalue weighted by Gasteiger charge is -2.10. The molecule has 0 amide bonds. The molecule has 1 aromatic carbocycles. The third-order valence-corrected chi connectivity index (χ3v) is 2.22. The summed E-state index contributed by atoms with van der Waals surface area (Å²) in [7, 11) is 0. The van der Waals surface area contributed by atoms with Crippen LogP contribution in [0.4, 0.5) is 10.1 Å². The first kappa shape index (κ1) is 13.7. The molecule has 6 heteroatoms. The van der Waals surface area contributed by atoms with Crippen molar-refractivity contribution in [1.82, 2.24) is 5.43 Å². The van der Waals surface area contributed by atoms with Crippen molar-refractivity contribution in [2.45, 2.75) is 13.8 Å². The minimum atomic E-state index is -0.460. The van der Waals surface area contributed by atoms with Gasteiger partial charge in [-0.25, -0.2) is 10.2 Å². The normalized spacial score (nSPS) is 11.8. The topological polar surface area (TPSA) is 62.4 Å². The molecule has 0 aliphatic rings. The van der Waals surface area contributed by atoms with Gasteiger partial charge in [0.2, 0.25) is 5.96 Å². The third kappa shape index (κ3) is 4.58. The maximum absolute atomic E-state index is 12.9. The van der Waals surface area contributed by atoms with E-state index >= 15 is 0 Å². The van der Waals surface area contributed by atoms with Crippen molar-refractivity contribution in [2.75, 3.05) is 11.9 Å². The van der Waals surface area contributed by atoms with Crippen LogP contribution in [0.1, 0.15) is 13.8 Å². The fourth-order valence-electron chi connectivity index (χ4n) is 1.11. The van der Waals surface area contributed by atoms with E-state index in [2.05, 4.69) is 15.7 Å². The van der Waals surface area contributed by atoms with Crippen LogP contribution in [-0.4, -0.2) is 12.5 Å². The standard InChI is InChI=1S/C11H16ClFN4/c1-7(2)6-15-11(17-14)16-8-3-4-10(13)9(12)5-8/h3-5,7H,6,14H2,1-2H3,(H2,15,16,17). The highest BCUT2D eigenvalue weighted by Crippen LogP contribution is 2.19. The Kier molecular flexibility index (Phi) is 5.18. The molecule has 1 rings (SSSR count). The first-order valence-corrected chi connectivity index (χ1v) is 5.64. The molecular formula is C11H16ClFN4. The van der Waals surface area contributed by atoms with Gasteiger partial charge in [-0.2, -0.15) is 0 Å². The highest BCUT2D eigenvalue weighted by atomic mass is 35.5. The highest BCUT2D eigenvalue weighted by molar-refractivity contribution is 6.31. The number of rotatable bonds is 3. The molecule has 0 atom stereocenters. The maximum atomic E-state index is 12.9. The van der Waals surface area contributed by atoms with Crippen molar-refractivity contribution in [3.63, 3.8) is 0 Å². The van der Waals surface area contributed by atoms with Crippen molar-refractivity contribution in [2.24, 2.45) is 16.8 Å². The van der Waals surface area contributed by atoms with Crippen LogP contribution < -0.4 is 16.6 Å². The molecule has 0 aromatic heterocycles. The molecule has 0 spiro atoms. The van der Waals surface area contributed by atoms with Crippen molar-refractivity contribution in [1.29, 1.82) is 0 Å². The lowest BCUT2D eigenvalue weighted by molar-refractivity contribution is 0.628. The van der Waals surface area contributed by atoms with E-state index in [9.17, 15) is 4.39 Å². The number of hydrazine groups is 1. The Balaban J connectivity index is 2.73. The molecule has 0 bridgehead atoms. The van der Waals surface area contributed by atoms with E-state index < -0.39 is 5.82 Å². The van der Waals surface area contributed by atoms with E-state index in [1.54, 1.807) is 6.07 Å². The molecule has 0 aliphatic heterocycles. The molecule has 4 N–H and O–H groups in total. The van der Waals surface area contributed by atoms with Gasteiger partial charge >= 0.3 is 0 Å². The summed E-state index contributed by atoms with van der Waals surface area (Å²) in [5.41, 5.74) is 3.06. The third-order valence-electron chi connectivity index (χ3n) is 1.93. The van der Waals surface area contributed by atoms with Crippen LogP contribution in [0, 0.1) is 11.7 Å². The Morgan fingerprint density at radius 2 is 2.24 bits per heavy atom. The molecular weight excluding hydrogens is 243 g/mol. The van der Waals surface area contributed by atoms with E-state index in [0.717, 1.165) is 0 Å². The second-order valence-electron chi connectivity index (χ2n) is 3.98. The highest BCUT2D eigenvalue weighted by Gasteiger charge is 2.03. The number of benzene rings is 1. The summed E-state index contributed by atoms with van der Waals surface area (Å²) < 4.78 is 12.9. The predicted molar refractivity (Wildman–Crippen MR) is 69.5 cm³/mol. The van der Waals surface area contributed by atoms with Crippen molar-refractivity contribution < 1.29 is 4.39 Å². The van der Waals surface area contributed by atoms with Gasteiger partial charge in [-0.3, -0.25) is 10.4 Å². The zero-order valence-electron chi connectivity index (χ0n) is 9.80.